The first-order valence-electron chi connectivity index (χ1n) is 6.21. The van der Waals surface area contributed by atoms with Crippen molar-refractivity contribution in [2.75, 3.05) is 18.4 Å². The molecule has 2 amide bonds. The van der Waals surface area contributed by atoms with E-state index in [1.54, 1.807) is 6.07 Å². The van der Waals surface area contributed by atoms with Crippen LogP contribution < -0.4 is 5.32 Å². The molecule has 0 unspecified atom stereocenters. The minimum atomic E-state index is -0.830. The van der Waals surface area contributed by atoms with Crippen LogP contribution in [0.1, 0.15) is 12.8 Å². The zero-order valence-corrected chi connectivity index (χ0v) is 12.2. The summed E-state index contributed by atoms with van der Waals surface area (Å²) in [5, 5.41) is 11.4. The number of carbonyl (C=O) groups is 2. The van der Waals surface area contributed by atoms with Crippen molar-refractivity contribution in [3.63, 3.8) is 0 Å². The van der Waals surface area contributed by atoms with Crippen molar-refractivity contribution in [2.45, 2.75) is 12.8 Å². The Labute approximate surface area is 123 Å². The van der Waals surface area contributed by atoms with Crippen molar-refractivity contribution < 1.29 is 19.1 Å². The summed E-state index contributed by atoms with van der Waals surface area (Å²) < 4.78 is 14.2. The highest BCUT2D eigenvalue weighted by Gasteiger charge is 2.27. The number of halogens is 2. The smallest absolute Gasteiger partial charge is 0.321 e. The predicted molar refractivity (Wildman–Crippen MR) is 75.1 cm³/mol. The van der Waals surface area contributed by atoms with E-state index in [1.807, 2.05) is 0 Å². The molecule has 2 rings (SSSR count). The van der Waals surface area contributed by atoms with E-state index < -0.39 is 23.7 Å². The number of nitrogens with zero attached hydrogens (tertiary/aromatic N) is 1. The maximum absolute atomic E-state index is 13.5. The summed E-state index contributed by atoms with van der Waals surface area (Å²) in [4.78, 5) is 24.3. The summed E-state index contributed by atoms with van der Waals surface area (Å²) in [5.74, 6) is -1.74. The van der Waals surface area contributed by atoms with Gasteiger partial charge in [-0.15, -0.1) is 0 Å². The molecule has 0 aromatic heterocycles. The Balaban J connectivity index is 1.96. The number of carboxylic acids is 1. The highest BCUT2D eigenvalue weighted by atomic mass is 79.9. The first-order valence-corrected chi connectivity index (χ1v) is 7.00. The van der Waals surface area contributed by atoms with E-state index in [1.165, 1.54) is 17.0 Å². The van der Waals surface area contributed by atoms with Gasteiger partial charge in [-0.25, -0.2) is 9.18 Å². The first-order chi connectivity index (χ1) is 9.47. The number of aliphatic carboxylic acids is 1. The quantitative estimate of drug-likeness (QED) is 0.866. The van der Waals surface area contributed by atoms with Gasteiger partial charge in [-0.05, 0) is 31.0 Å². The zero-order valence-electron chi connectivity index (χ0n) is 10.6. The van der Waals surface area contributed by atoms with Crippen molar-refractivity contribution >= 4 is 33.6 Å². The molecule has 1 aromatic carbocycles. The maximum Gasteiger partial charge on any atom is 0.321 e. The van der Waals surface area contributed by atoms with E-state index >= 15 is 0 Å². The summed E-state index contributed by atoms with van der Waals surface area (Å²) in [6.45, 7) is 0.719. The summed E-state index contributed by atoms with van der Waals surface area (Å²) in [7, 11) is 0. The second-order valence-electron chi connectivity index (χ2n) is 4.65. The molecule has 1 aromatic rings. The van der Waals surface area contributed by atoms with Crippen molar-refractivity contribution in [3.05, 3.63) is 28.5 Å². The zero-order chi connectivity index (χ0) is 14.7. The summed E-state index contributed by atoms with van der Waals surface area (Å²) in [6, 6.07) is 3.88. The van der Waals surface area contributed by atoms with Crippen LogP contribution in [-0.4, -0.2) is 35.1 Å². The molecule has 0 bridgehead atoms. The molecule has 1 heterocycles. The Kier molecular flexibility index (Phi) is 4.59. The maximum atomic E-state index is 13.5. The van der Waals surface area contributed by atoms with Gasteiger partial charge >= 0.3 is 12.0 Å². The number of piperidine rings is 1. The molecule has 20 heavy (non-hydrogen) atoms. The van der Waals surface area contributed by atoms with Crippen LogP contribution in [0.15, 0.2) is 22.7 Å². The lowest BCUT2D eigenvalue weighted by molar-refractivity contribution is -0.143. The van der Waals surface area contributed by atoms with Gasteiger partial charge in [0, 0.05) is 17.6 Å². The highest BCUT2D eigenvalue weighted by Crippen LogP contribution is 2.22. The third-order valence-corrected chi connectivity index (χ3v) is 3.79. The van der Waals surface area contributed by atoms with Crippen LogP contribution in [0.25, 0.3) is 0 Å². The average Bonchev–Trinajstić information content (AvgIpc) is 2.43. The fourth-order valence-electron chi connectivity index (χ4n) is 2.12. The molecule has 1 saturated heterocycles. The van der Waals surface area contributed by atoms with E-state index in [0.717, 1.165) is 0 Å². The van der Waals surface area contributed by atoms with Gasteiger partial charge in [-0.2, -0.15) is 0 Å². The fourth-order valence-corrected chi connectivity index (χ4v) is 2.48. The van der Waals surface area contributed by atoms with Crippen molar-refractivity contribution in [1.29, 1.82) is 0 Å². The van der Waals surface area contributed by atoms with Crippen molar-refractivity contribution in [1.82, 2.24) is 4.90 Å². The number of carbonyl (C=O) groups excluding carboxylic acids is 1. The van der Waals surface area contributed by atoms with Gasteiger partial charge in [-0.3, -0.25) is 4.79 Å². The number of hydrogen-bond donors (Lipinski definition) is 2. The topological polar surface area (TPSA) is 69.6 Å². The molecule has 0 saturated carbocycles. The van der Waals surface area contributed by atoms with Crippen LogP contribution in [0.2, 0.25) is 0 Å². The normalized spacial score (nSPS) is 16.0. The molecular weight excluding hydrogens is 331 g/mol. The molecule has 1 aliphatic rings. The fraction of sp³-hybridized carbons (Fsp3) is 0.385. The van der Waals surface area contributed by atoms with Crippen LogP contribution in [0.5, 0.6) is 0 Å². The van der Waals surface area contributed by atoms with Gasteiger partial charge in [0.1, 0.15) is 5.82 Å². The monoisotopic (exact) mass is 344 g/mol. The van der Waals surface area contributed by atoms with Crippen LogP contribution >= 0.6 is 15.9 Å². The van der Waals surface area contributed by atoms with Gasteiger partial charge in [-0.1, -0.05) is 15.9 Å². The Morgan fingerprint density at radius 1 is 1.35 bits per heavy atom. The number of nitrogens with one attached hydrogen (secondary N) is 1. The number of anilines is 1. The van der Waals surface area contributed by atoms with Gasteiger partial charge < -0.3 is 15.3 Å². The number of carboxylic acid groups (broad SMARTS) is 1. The van der Waals surface area contributed by atoms with Gasteiger partial charge in [0.15, 0.2) is 0 Å². The van der Waals surface area contributed by atoms with Crippen LogP contribution in [-0.2, 0) is 4.79 Å². The Bertz CT molecular complexity index is 530. The minimum absolute atomic E-state index is 0.102. The third-order valence-electron chi connectivity index (χ3n) is 3.30. The van der Waals surface area contributed by atoms with Crippen molar-refractivity contribution in [2.24, 2.45) is 5.92 Å². The summed E-state index contributed by atoms with van der Waals surface area (Å²) in [6.07, 6.45) is 0.841. The van der Waals surface area contributed by atoms with Crippen LogP contribution in [0.3, 0.4) is 0 Å². The van der Waals surface area contributed by atoms with E-state index in [-0.39, 0.29) is 5.69 Å². The number of rotatable bonds is 2. The van der Waals surface area contributed by atoms with E-state index in [4.69, 9.17) is 5.11 Å². The van der Waals surface area contributed by atoms with Gasteiger partial charge in [0.2, 0.25) is 0 Å². The van der Waals surface area contributed by atoms with Crippen LogP contribution in [0, 0.1) is 11.7 Å². The Morgan fingerprint density at radius 2 is 2.00 bits per heavy atom. The van der Waals surface area contributed by atoms with Crippen LogP contribution in [0.4, 0.5) is 14.9 Å². The Hall–Kier alpha value is -1.63. The molecular formula is C13H14BrFN2O3. The highest BCUT2D eigenvalue weighted by molar-refractivity contribution is 9.10. The number of benzene rings is 1. The molecule has 0 atom stereocenters. The third kappa shape index (κ3) is 3.47. The summed E-state index contributed by atoms with van der Waals surface area (Å²) in [5.41, 5.74) is 0.102. The lowest BCUT2D eigenvalue weighted by atomic mass is 9.97. The lowest BCUT2D eigenvalue weighted by Crippen LogP contribution is -2.42. The second kappa shape index (κ2) is 6.21. The predicted octanol–water partition coefficient (Wildman–Crippen LogP) is 2.92. The summed E-state index contributed by atoms with van der Waals surface area (Å²) >= 11 is 3.21. The first kappa shape index (κ1) is 14.8. The Morgan fingerprint density at radius 3 is 2.60 bits per heavy atom. The van der Waals surface area contributed by atoms with Crippen molar-refractivity contribution in [3.8, 4) is 0 Å². The van der Waals surface area contributed by atoms with E-state index in [2.05, 4.69) is 21.2 Å². The average molecular weight is 345 g/mol. The molecule has 0 spiro atoms. The second-order valence-corrected chi connectivity index (χ2v) is 5.57. The number of hydrogen-bond acceptors (Lipinski definition) is 2. The van der Waals surface area contributed by atoms with E-state index in [9.17, 15) is 14.0 Å². The standard InChI is InChI=1S/C13H14BrFN2O3/c14-9-1-2-10(15)11(7-9)16-13(20)17-5-3-8(4-6-17)12(18)19/h1-2,7-8H,3-6H2,(H,16,20)(H,18,19). The molecule has 5 nitrogen and oxygen atoms in total. The molecule has 0 radical (unpaired) electrons. The van der Waals surface area contributed by atoms with E-state index in [0.29, 0.717) is 30.4 Å². The molecule has 7 heteroatoms. The molecule has 1 aliphatic heterocycles. The largest absolute Gasteiger partial charge is 0.481 e. The van der Waals surface area contributed by atoms with Gasteiger partial charge in [0.05, 0.1) is 11.6 Å². The lowest BCUT2D eigenvalue weighted by Gasteiger charge is -2.30. The number of urea groups is 1. The minimum Gasteiger partial charge on any atom is -0.481 e. The molecule has 108 valence electrons. The SMILES string of the molecule is O=C(O)C1CCN(C(=O)Nc2cc(Br)ccc2F)CC1. The van der Waals surface area contributed by atoms with Gasteiger partial charge in [0.25, 0.3) is 0 Å². The molecule has 0 aliphatic carbocycles. The molecule has 1 fully saturated rings. The molecule has 2 N–H and O–H groups in total. The number of amides is 2. The number of likely N-dealkylation sites (tertiary alicyclic amines) is 1.